The van der Waals surface area contributed by atoms with Gasteiger partial charge in [0.2, 0.25) is 0 Å². The molecule has 0 radical (unpaired) electrons. The Morgan fingerprint density at radius 2 is 1.31 bits per heavy atom. The van der Waals surface area contributed by atoms with Gasteiger partial charge >= 0.3 is 6.09 Å². The summed E-state index contributed by atoms with van der Waals surface area (Å²) in [6.45, 7) is 0.815. The Morgan fingerprint density at radius 1 is 0.714 bits per heavy atom. The summed E-state index contributed by atoms with van der Waals surface area (Å²) in [6, 6.07) is 34.4. The topological polar surface area (TPSA) is 55.8 Å². The van der Waals surface area contributed by atoms with Crippen LogP contribution < -0.4 is 4.74 Å². The van der Waals surface area contributed by atoms with Gasteiger partial charge in [0.1, 0.15) is 19.0 Å². The number of carbonyl (C=O) groups is 2. The number of ketones is 1. The lowest BCUT2D eigenvalue weighted by Crippen LogP contribution is -2.55. The van der Waals surface area contributed by atoms with Crippen LogP contribution in [0.4, 0.5) is 4.79 Å². The summed E-state index contributed by atoms with van der Waals surface area (Å²) in [5.74, 6) is 0.861. The number of benzene rings is 4. The third-order valence-corrected chi connectivity index (χ3v) is 9.28. The molecule has 0 saturated carbocycles. The minimum Gasteiger partial charge on any atom is -0.489 e. The first kappa shape index (κ1) is 26.5. The summed E-state index contributed by atoms with van der Waals surface area (Å²) < 4.78 is 12.0. The number of carbonyl (C=O) groups excluding carboxylic acids is 2. The second kappa shape index (κ2) is 11.5. The molecular weight excluding hydrogens is 522 g/mol. The number of Topliss-reactive ketones (excluding diaryl/α,β-unsaturated/α-hetero) is 1. The average molecular weight is 558 g/mol. The molecule has 5 nitrogen and oxygen atoms in total. The van der Waals surface area contributed by atoms with Crippen molar-refractivity contribution in [1.29, 1.82) is 0 Å². The standard InChI is InChI=1S/C37H35NO4/c39-36(26-17-19-30(20-18-26)41-23-25-9-2-1-3-10-25)27-21-28-11-8-12-29(22-27)38(28)37(40)42-24-35-33-15-6-4-13-31(33)32-14-5-7-16-34(32)35/h1-7,9-10,13-20,27-29,35H,8,11-12,21-24H2. The van der Waals surface area contributed by atoms with Gasteiger partial charge in [0.15, 0.2) is 5.78 Å². The highest BCUT2D eigenvalue weighted by Crippen LogP contribution is 2.45. The Balaban J connectivity index is 0.988. The molecule has 42 heavy (non-hydrogen) atoms. The van der Waals surface area contributed by atoms with Crippen molar-refractivity contribution in [3.8, 4) is 16.9 Å². The lowest BCUT2D eigenvalue weighted by atomic mass is 9.76. The maximum absolute atomic E-state index is 13.6. The molecule has 4 aromatic carbocycles. The van der Waals surface area contributed by atoms with E-state index in [1.54, 1.807) is 0 Å². The Hall–Kier alpha value is -4.38. The summed E-state index contributed by atoms with van der Waals surface area (Å²) in [5.41, 5.74) is 6.69. The number of fused-ring (bicyclic) bond motifs is 5. The minimum atomic E-state index is -0.239. The SMILES string of the molecule is O=C(c1ccc(OCc2ccccc2)cc1)C1CC2CCCC(C1)N2C(=O)OCC1c2ccccc2-c2ccccc21. The summed E-state index contributed by atoms with van der Waals surface area (Å²) in [4.78, 5) is 29.1. The van der Waals surface area contributed by atoms with Crippen molar-refractivity contribution in [2.45, 2.75) is 56.7 Å². The van der Waals surface area contributed by atoms with Crippen molar-refractivity contribution in [1.82, 2.24) is 4.90 Å². The van der Waals surface area contributed by atoms with Gasteiger partial charge in [-0.1, -0.05) is 78.9 Å². The summed E-state index contributed by atoms with van der Waals surface area (Å²) in [5, 5.41) is 0. The van der Waals surface area contributed by atoms with Crippen molar-refractivity contribution >= 4 is 11.9 Å². The van der Waals surface area contributed by atoms with E-state index in [1.807, 2.05) is 59.5 Å². The molecule has 2 heterocycles. The smallest absolute Gasteiger partial charge is 0.410 e. The quantitative estimate of drug-likeness (QED) is 0.216. The molecule has 2 atom stereocenters. The van der Waals surface area contributed by atoms with Crippen LogP contribution in [-0.2, 0) is 11.3 Å². The van der Waals surface area contributed by atoms with Crippen molar-refractivity contribution in [2.75, 3.05) is 6.61 Å². The summed E-state index contributed by atoms with van der Waals surface area (Å²) in [6.07, 6.45) is 4.04. The van der Waals surface area contributed by atoms with E-state index in [-0.39, 0.29) is 35.8 Å². The van der Waals surface area contributed by atoms with E-state index in [0.717, 1.165) is 30.6 Å². The van der Waals surface area contributed by atoms with Crippen LogP contribution in [0.1, 0.15) is 65.1 Å². The fourth-order valence-electron chi connectivity index (χ4n) is 7.25. The van der Waals surface area contributed by atoms with Gasteiger partial charge in [0.05, 0.1) is 0 Å². The summed E-state index contributed by atoms with van der Waals surface area (Å²) >= 11 is 0. The average Bonchev–Trinajstić information content (AvgIpc) is 3.36. The normalized spacial score (nSPS) is 20.9. The van der Waals surface area contributed by atoms with Crippen LogP contribution in [0.5, 0.6) is 5.75 Å². The third-order valence-electron chi connectivity index (χ3n) is 9.28. The zero-order valence-corrected chi connectivity index (χ0v) is 23.7. The molecule has 0 N–H and O–H groups in total. The van der Waals surface area contributed by atoms with Crippen LogP contribution in [0, 0.1) is 5.92 Å². The van der Waals surface area contributed by atoms with Gasteiger partial charge in [-0.15, -0.1) is 0 Å². The molecule has 1 aliphatic carbocycles. The summed E-state index contributed by atoms with van der Waals surface area (Å²) in [7, 11) is 0. The van der Waals surface area contributed by atoms with Gasteiger partial charge in [-0.05, 0) is 84.2 Å². The molecular formula is C37H35NO4. The monoisotopic (exact) mass is 557 g/mol. The highest BCUT2D eigenvalue weighted by molar-refractivity contribution is 5.98. The van der Waals surface area contributed by atoms with Gasteiger partial charge in [-0.25, -0.2) is 4.79 Å². The second-order valence-electron chi connectivity index (χ2n) is 11.8. The molecule has 2 fully saturated rings. The van der Waals surface area contributed by atoms with Crippen LogP contribution in [-0.4, -0.2) is 35.5 Å². The van der Waals surface area contributed by atoms with Crippen molar-refractivity contribution < 1.29 is 19.1 Å². The minimum absolute atomic E-state index is 0.0376. The Kier molecular flexibility index (Phi) is 7.25. The predicted molar refractivity (Wildman–Crippen MR) is 163 cm³/mol. The molecule has 3 aliphatic rings. The fourth-order valence-corrected chi connectivity index (χ4v) is 7.25. The molecule has 212 valence electrons. The van der Waals surface area contributed by atoms with Crippen LogP contribution in [0.3, 0.4) is 0 Å². The van der Waals surface area contributed by atoms with E-state index in [1.165, 1.54) is 22.3 Å². The van der Waals surface area contributed by atoms with Crippen molar-refractivity contribution in [3.05, 3.63) is 125 Å². The van der Waals surface area contributed by atoms with Gasteiger partial charge in [-0.3, -0.25) is 4.79 Å². The first-order valence-corrected chi connectivity index (χ1v) is 15.1. The number of nitrogens with zero attached hydrogens (tertiary/aromatic N) is 1. The molecule has 4 aromatic rings. The zero-order valence-electron chi connectivity index (χ0n) is 23.7. The number of piperidine rings is 2. The van der Waals surface area contributed by atoms with E-state index in [4.69, 9.17) is 9.47 Å². The van der Waals surface area contributed by atoms with Crippen LogP contribution in [0.25, 0.3) is 11.1 Å². The molecule has 2 bridgehead atoms. The van der Waals surface area contributed by atoms with Crippen molar-refractivity contribution in [2.24, 2.45) is 5.92 Å². The highest BCUT2D eigenvalue weighted by atomic mass is 16.6. The fraction of sp³-hybridized carbons (Fsp3) is 0.297. The van der Waals surface area contributed by atoms with Crippen LogP contribution in [0.15, 0.2) is 103 Å². The molecule has 0 aromatic heterocycles. The number of hydrogen-bond acceptors (Lipinski definition) is 4. The van der Waals surface area contributed by atoms with Crippen LogP contribution in [0.2, 0.25) is 0 Å². The number of ether oxygens (including phenoxy) is 2. The largest absolute Gasteiger partial charge is 0.489 e. The Bertz CT molecular complexity index is 1520. The molecule has 2 saturated heterocycles. The maximum Gasteiger partial charge on any atom is 0.410 e. The first-order chi connectivity index (χ1) is 20.7. The number of rotatable bonds is 7. The molecule has 5 heteroatoms. The first-order valence-electron chi connectivity index (χ1n) is 15.1. The lowest BCUT2D eigenvalue weighted by Gasteiger charge is -2.47. The molecule has 2 unspecified atom stereocenters. The van der Waals surface area contributed by atoms with Crippen LogP contribution >= 0.6 is 0 Å². The van der Waals surface area contributed by atoms with E-state index in [9.17, 15) is 9.59 Å². The Morgan fingerprint density at radius 3 is 1.95 bits per heavy atom. The number of amides is 1. The molecule has 0 spiro atoms. The van der Waals surface area contributed by atoms with Gasteiger partial charge < -0.3 is 14.4 Å². The van der Waals surface area contributed by atoms with E-state index >= 15 is 0 Å². The van der Waals surface area contributed by atoms with Crippen molar-refractivity contribution in [3.63, 3.8) is 0 Å². The van der Waals surface area contributed by atoms with E-state index < -0.39 is 0 Å². The van der Waals surface area contributed by atoms with Gasteiger partial charge in [0.25, 0.3) is 0 Å². The zero-order chi connectivity index (χ0) is 28.5. The molecule has 2 aliphatic heterocycles. The molecule has 1 amide bonds. The second-order valence-corrected chi connectivity index (χ2v) is 11.8. The maximum atomic E-state index is 13.6. The Labute approximate surface area is 247 Å². The highest BCUT2D eigenvalue weighted by Gasteiger charge is 2.44. The van der Waals surface area contributed by atoms with Gasteiger partial charge in [0, 0.05) is 29.5 Å². The lowest BCUT2D eigenvalue weighted by molar-refractivity contribution is 0.00651. The number of hydrogen-bond donors (Lipinski definition) is 0. The molecule has 7 rings (SSSR count). The van der Waals surface area contributed by atoms with E-state index in [2.05, 4.69) is 48.5 Å². The third kappa shape index (κ3) is 5.09. The van der Waals surface area contributed by atoms with E-state index in [0.29, 0.717) is 31.6 Å². The predicted octanol–water partition coefficient (Wildman–Crippen LogP) is 8.03. The van der Waals surface area contributed by atoms with Gasteiger partial charge in [-0.2, -0.15) is 0 Å².